The number of amides is 1. The third kappa shape index (κ3) is 3.93. The van der Waals surface area contributed by atoms with Gasteiger partial charge in [-0.15, -0.1) is 0 Å². The van der Waals surface area contributed by atoms with Gasteiger partial charge in [0, 0.05) is 19.9 Å². The standard InChI is InChI=1S/C14H17N3O2/c1-19-11-14(18)15-8-7-12-9-16-17(10-12)13-5-3-2-4-6-13/h2-6,9-10H,7-8,11H2,1H3,(H,15,18). The summed E-state index contributed by atoms with van der Waals surface area (Å²) in [7, 11) is 1.50. The van der Waals surface area contributed by atoms with Crippen molar-refractivity contribution < 1.29 is 9.53 Å². The van der Waals surface area contributed by atoms with Crippen molar-refractivity contribution in [3.63, 3.8) is 0 Å². The number of carbonyl (C=O) groups excluding carboxylic acids is 1. The molecule has 100 valence electrons. The van der Waals surface area contributed by atoms with Crippen LogP contribution >= 0.6 is 0 Å². The molecule has 2 aromatic rings. The predicted octanol–water partition coefficient (Wildman–Crippen LogP) is 1.18. The van der Waals surface area contributed by atoms with Crippen molar-refractivity contribution in [2.75, 3.05) is 20.3 Å². The maximum absolute atomic E-state index is 11.2. The fraction of sp³-hybridized carbons (Fsp3) is 0.286. The normalized spacial score (nSPS) is 10.4. The number of nitrogens with one attached hydrogen (secondary N) is 1. The minimum absolute atomic E-state index is 0.0991. The molecule has 5 nitrogen and oxygen atoms in total. The van der Waals surface area contributed by atoms with E-state index in [9.17, 15) is 4.79 Å². The van der Waals surface area contributed by atoms with E-state index >= 15 is 0 Å². The third-order valence-corrected chi connectivity index (χ3v) is 2.67. The van der Waals surface area contributed by atoms with Gasteiger partial charge < -0.3 is 10.1 Å². The van der Waals surface area contributed by atoms with Crippen LogP contribution in [0, 0.1) is 0 Å². The fourth-order valence-corrected chi connectivity index (χ4v) is 1.74. The second-order valence-corrected chi connectivity index (χ2v) is 4.16. The van der Waals surface area contributed by atoms with Crippen molar-refractivity contribution >= 4 is 5.91 Å². The monoisotopic (exact) mass is 259 g/mol. The van der Waals surface area contributed by atoms with Gasteiger partial charge in [-0.25, -0.2) is 4.68 Å². The van der Waals surface area contributed by atoms with E-state index in [-0.39, 0.29) is 12.5 Å². The highest BCUT2D eigenvalue weighted by molar-refractivity contribution is 5.77. The second-order valence-electron chi connectivity index (χ2n) is 4.16. The summed E-state index contributed by atoms with van der Waals surface area (Å²) in [6.07, 6.45) is 4.54. The Hall–Kier alpha value is -2.14. The predicted molar refractivity (Wildman–Crippen MR) is 72.2 cm³/mol. The highest BCUT2D eigenvalue weighted by Crippen LogP contribution is 2.07. The lowest BCUT2D eigenvalue weighted by atomic mass is 10.2. The Labute approximate surface area is 112 Å². The summed E-state index contributed by atoms with van der Waals surface area (Å²) in [5, 5.41) is 7.08. The zero-order chi connectivity index (χ0) is 13.5. The number of ether oxygens (including phenoxy) is 1. The molecule has 1 amide bonds. The molecule has 0 bridgehead atoms. The van der Waals surface area contributed by atoms with E-state index in [0.29, 0.717) is 6.54 Å². The van der Waals surface area contributed by atoms with Gasteiger partial charge in [0.2, 0.25) is 5.91 Å². The Morgan fingerprint density at radius 2 is 2.16 bits per heavy atom. The molecule has 0 atom stereocenters. The molecule has 0 aliphatic rings. The van der Waals surface area contributed by atoms with Gasteiger partial charge in [0.15, 0.2) is 0 Å². The van der Waals surface area contributed by atoms with Crippen LogP contribution in [-0.2, 0) is 16.0 Å². The number of hydrogen-bond donors (Lipinski definition) is 1. The summed E-state index contributed by atoms with van der Waals surface area (Å²) < 4.78 is 6.57. The average Bonchev–Trinajstić information content (AvgIpc) is 2.89. The molecule has 5 heteroatoms. The van der Waals surface area contributed by atoms with Crippen LogP contribution in [0.15, 0.2) is 42.7 Å². The zero-order valence-corrected chi connectivity index (χ0v) is 10.9. The van der Waals surface area contributed by atoms with Gasteiger partial charge in [-0.05, 0) is 24.1 Å². The maximum Gasteiger partial charge on any atom is 0.245 e. The maximum atomic E-state index is 11.2. The van der Waals surface area contributed by atoms with Crippen LogP contribution in [0.3, 0.4) is 0 Å². The van der Waals surface area contributed by atoms with Crippen LogP contribution in [0.2, 0.25) is 0 Å². The van der Waals surface area contributed by atoms with Crippen molar-refractivity contribution in [3.8, 4) is 5.69 Å². The number of hydrogen-bond acceptors (Lipinski definition) is 3. The lowest BCUT2D eigenvalue weighted by Crippen LogP contribution is -2.28. The Kier molecular flexibility index (Phi) is 4.69. The largest absolute Gasteiger partial charge is 0.375 e. The topological polar surface area (TPSA) is 56.1 Å². The van der Waals surface area contributed by atoms with E-state index in [2.05, 4.69) is 10.4 Å². The molecule has 0 aliphatic carbocycles. The number of nitrogens with zero attached hydrogens (tertiary/aromatic N) is 2. The average molecular weight is 259 g/mol. The van der Waals surface area contributed by atoms with Crippen LogP contribution in [0.1, 0.15) is 5.56 Å². The molecule has 0 radical (unpaired) electrons. The van der Waals surface area contributed by atoms with Gasteiger partial charge in [-0.1, -0.05) is 18.2 Å². The molecule has 1 heterocycles. The molecule has 1 aromatic carbocycles. The quantitative estimate of drug-likeness (QED) is 0.847. The Bertz CT molecular complexity index is 522. The zero-order valence-electron chi connectivity index (χ0n) is 10.9. The molecule has 1 N–H and O–H groups in total. The summed E-state index contributed by atoms with van der Waals surface area (Å²) in [4.78, 5) is 11.2. The lowest BCUT2D eigenvalue weighted by Gasteiger charge is -2.02. The molecule has 1 aromatic heterocycles. The van der Waals surface area contributed by atoms with E-state index in [1.165, 1.54) is 7.11 Å². The van der Waals surface area contributed by atoms with Gasteiger partial charge in [-0.2, -0.15) is 5.10 Å². The molecule has 19 heavy (non-hydrogen) atoms. The Morgan fingerprint density at radius 1 is 1.37 bits per heavy atom. The van der Waals surface area contributed by atoms with E-state index < -0.39 is 0 Å². The summed E-state index contributed by atoms with van der Waals surface area (Å²) in [6.45, 7) is 0.686. The van der Waals surface area contributed by atoms with E-state index in [4.69, 9.17) is 4.74 Å². The minimum Gasteiger partial charge on any atom is -0.375 e. The van der Waals surface area contributed by atoms with Crippen molar-refractivity contribution in [1.82, 2.24) is 15.1 Å². The summed E-state index contributed by atoms with van der Waals surface area (Å²) in [5.74, 6) is -0.0991. The lowest BCUT2D eigenvalue weighted by molar-refractivity contribution is -0.124. The van der Waals surface area contributed by atoms with Crippen molar-refractivity contribution in [2.24, 2.45) is 0 Å². The number of rotatable bonds is 6. The van der Waals surface area contributed by atoms with E-state index in [0.717, 1.165) is 17.7 Å². The summed E-state index contributed by atoms with van der Waals surface area (Å²) in [5.41, 5.74) is 2.11. The highest BCUT2D eigenvalue weighted by Gasteiger charge is 2.02. The van der Waals surface area contributed by atoms with Gasteiger partial charge in [-0.3, -0.25) is 4.79 Å². The molecular weight excluding hydrogens is 242 g/mol. The van der Waals surface area contributed by atoms with Gasteiger partial charge in [0.1, 0.15) is 6.61 Å². The first-order valence-corrected chi connectivity index (χ1v) is 6.14. The van der Waals surface area contributed by atoms with Crippen LogP contribution in [0.5, 0.6) is 0 Å². The molecule has 0 unspecified atom stereocenters. The molecular formula is C14H17N3O2. The number of para-hydroxylation sites is 1. The first kappa shape index (κ1) is 13.3. The summed E-state index contributed by atoms with van der Waals surface area (Å²) in [6, 6.07) is 9.91. The molecule has 2 rings (SSSR count). The first-order valence-electron chi connectivity index (χ1n) is 6.14. The van der Waals surface area contributed by atoms with Crippen molar-refractivity contribution in [3.05, 3.63) is 48.3 Å². The third-order valence-electron chi connectivity index (χ3n) is 2.67. The smallest absolute Gasteiger partial charge is 0.245 e. The molecule has 0 saturated heterocycles. The Morgan fingerprint density at radius 3 is 2.89 bits per heavy atom. The SMILES string of the molecule is COCC(=O)NCCc1cnn(-c2ccccc2)c1. The van der Waals surface area contributed by atoms with Crippen LogP contribution < -0.4 is 5.32 Å². The highest BCUT2D eigenvalue weighted by atomic mass is 16.5. The number of benzene rings is 1. The number of aromatic nitrogens is 2. The second kappa shape index (κ2) is 6.70. The van der Waals surface area contributed by atoms with Crippen LogP contribution in [0.4, 0.5) is 0 Å². The summed E-state index contributed by atoms with van der Waals surface area (Å²) >= 11 is 0. The van der Waals surface area contributed by atoms with Gasteiger partial charge >= 0.3 is 0 Å². The Balaban J connectivity index is 1.86. The van der Waals surface area contributed by atoms with E-state index in [1.807, 2.05) is 47.4 Å². The number of methoxy groups -OCH3 is 1. The fourth-order valence-electron chi connectivity index (χ4n) is 1.74. The van der Waals surface area contributed by atoms with E-state index in [1.54, 1.807) is 0 Å². The van der Waals surface area contributed by atoms with Crippen LogP contribution in [0.25, 0.3) is 5.69 Å². The molecule has 0 aliphatic heterocycles. The molecule has 0 fully saturated rings. The van der Waals surface area contributed by atoms with Gasteiger partial charge in [0.05, 0.1) is 11.9 Å². The number of carbonyl (C=O) groups is 1. The first-order chi connectivity index (χ1) is 9.29. The van der Waals surface area contributed by atoms with Crippen molar-refractivity contribution in [2.45, 2.75) is 6.42 Å². The van der Waals surface area contributed by atoms with Crippen molar-refractivity contribution in [1.29, 1.82) is 0 Å². The molecule has 0 saturated carbocycles. The molecule has 0 spiro atoms. The van der Waals surface area contributed by atoms with Crippen LogP contribution in [-0.4, -0.2) is 35.9 Å². The minimum atomic E-state index is -0.0991. The van der Waals surface area contributed by atoms with Gasteiger partial charge in [0.25, 0.3) is 0 Å².